The van der Waals surface area contributed by atoms with Crippen LogP contribution in [0.4, 0.5) is 0 Å². The molecule has 31 heavy (non-hydrogen) atoms. The van der Waals surface area contributed by atoms with Crippen molar-refractivity contribution in [3.63, 3.8) is 0 Å². The molecule has 9 heteroatoms. The van der Waals surface area contributed by atoms with Crippen molar-refractivity contribution in [1.82, 2.24) is 14.5 Å². The van der Waals surface area contributed by atoms with Gasteiger partial charge < -0.3 is 9.30 Å². The van der Waals surface area contributed by atoms with Crippen molar-refractivity contribution in [3.8, 4) is 23.0 Å². The van der Waals surface area contributed by atoms with Crippen LogP contribution in [0.15, 0.2) is 47.4 Å². The summed E-state index contributed by atoms with van der Waals surface area (Å²) in [6.07, 6.45) is 2.97. The molecule has 0 aliphatic heterocycles. The summed E-state index contributed by atoms with van der Waals surface area (Å²) in [6.45, 7) is 3.79. The lowest BCUT2D eigenvalue weighted by Crippen LogP contribution is -2.15. The molecule has 0 N–H and O–H groups in total. The van der Waals surface area contributed by atoms with E-state index in [2.05, 4.69) is 9.97 Å². The molecule has 0 spiro atoms. The summed E-state index contributed by atoms with van der Waals surface area (Å²) in [5, 5.41) is 0.416. The summed E-state index contributed by atoms with van der Waals surface area (Å²) in [7, 11) is -1.72. The van der Waals surface area contributed by atoms with Crippen LogP contribution in [0.3, 0.4) is 0 Å². The highest BCUT2D eigenvalue weighted by Gasteiger charge is 2.17. The van der Waals surface area contributed by atoms with E-state index in [0.717, 1.165) is 12.0 Å². The Labute approximate surface area is 186 Å². The molecular weight excluding hydrogens is 438 g/mol. The SMILES string of the molecule is CCCCS(=O)(=O)Cc1cc(Oc2c(C)cccc2Cl)nc(-c2ccc(=O)n(C)c2)n1. The van der Waals surface area contributed by atoms with Crippen molar-refractivity contribution in [2.75, 3.05) is 5.75 Å². The average molecular weight is 462 g/mol. The van der Waals surface area contributed by atoms with Crippen molar-refractivity contribution >= 4 is 21.4 Å². The smallest absolute Gasteiger partial charge is 0.250 e. The van der Waals surface area contributed by atoms with Crippen molar-refractivity contribution in [2.45, 2.75) is 32.4 Å². The maximum Gasteiger partial charge on any atom is 0.250 e. The number of nitrogens with zero attached hydrogens (tertiary/aromatic N) is 3. The third-order valence-corrected chi connectivity index (χ3v) is 6.59. The predicted molar refractivity (Wildman–Crippen MR) is 121 cm³/mol. The van der Waals surface area contributed by atoms with Gasteiger partial charge in [0.15, 0.2) is 21.4 Å². The topological polar surface area (TPSA) is 91.2 Å². The lowest BCUT2D eigenvalue weighted by molar-refractivity contribution is 0.458. The molecule has 7 nitrogen and oxygen atoms in total. The molecule has 2 heterocycles. The fourth-order valence-electron chi connectivity index (χ4n) is 2.97. The molecule has 0 saturated heterocycles. The van der Waals surface area contributed by atoms with Crippen LogP contribution in [0.5, 0.6) is 11.6 Å². The highest BCUT2D eigenvalue weighted by molar-refractivity contribution is 7.90. The zero-order valence-electron chi connectivity index (χ0n) is 17.6. The summed E-state index contributed by atoms with van der Waals surface area (Å²) >= 11 is 6.28. The Bertz CT molecular complexity index is 1240. The monoisotopic (exact) mass is 461 g/mol. The van der Waals surface area contributed by atoms with Gasteiger partial charge >= 0.3 is 0 Å². The van der Waals surface area contributed by atoms with Crippen molar-refractivity contribution in [2.24, 2.45) is 7.05 Å². The number of unbranched alkanes of at least 4 members (excludes halogenated alkanes) is 1. The summed E-state index contributed by atoms with van der Waals surface area (Å²) in [5.74, 6) is 0.734. The van der Waals surface area contributed by atoms with Gasteiger partial charge in [-0.25, -0.2) is 13.4 Å². The number of para-hydroxylation sites is 1. The number of ether oxygens (including phenoxy) is 1. The van der Waals surface area contributed by atoms with Gasteiger partial charge in [0.2, 0.25) is 11.4 Å². The molecule has 0 aliphatic carbocycles. The molecule has 3 rings (SSSR count). The van der Waals surface area contributed by atoms with E-state index in [1.807, 2.05) is 26.0 Å². The zero-order chi connectivity index (χ0) is 22.6. The Hall–Kier alpha value is -2.71. The molecule has 164 valence electrons. The summed E-state index contributed by atoms with van der Waals surface area (Å²) in [5.41, 5.74) is 1.52. The van der Waals surface area contributed by atoms with Gasteiger partial charge in [0.05, 0.1) is 22.2 Å². The van der Waals surface area contributed by atoms with Crippen LogP contribution in [0, 0.1) is 6.92 Å². The third-order valence-electron chi connectivity index (χ3n) is 4.65. The average Bonchev–Trinajstić information content (AvgIpc) is 2.71. The maximum atomic E-state index is 12.5. The summed E-state index contributed by atoms with van der Waals surface area (Å²) in [4.78, 5) is 20.6. The standard InChI is InChI=1S/C22H24ClN3O4S/c1-4-5-11-31(28,29)14-17-12-19(30-21-15(2)7-6-8-18(21)23)25-22(24-17)16-9-10-20(27)26(3)13-16/h6-10,12-13H,4-5,11,14H2,1-3H3. The number of rotatable bonds is 8. The van der Waals surface area contributed by atoms with Gasteiger partial charge in [0, 0.05) is 30.9 Å². The van der Waals surface area contributed by atoms with Crippen molar-refractivity contribution in [1.29, 1.82) is 0 Å². The Morgan fingerprint density at radius 3 is 2.61 bits per heavy atom. The number of hydrogen-bond donors (Lipinski definition) is 0. The highest BCUT2D eigenvalue weighted by atomic mass is 35.5. The van der Waals surface area contributed by atoms with Crippen LogP contribution < -0.4 is 10.3 Å². The van der Waals surface area contributed by atoms with E-state index in [4.69, 9.17) is 16.3 Å². The first-order valence-electron chi connectivity index (χ1n) is 9.87. The molecule has 0 fully saturated rings. The van der Waals surface area contributed by atoms with Crippen molar-refractivity contribution < 1.29 is 13.2 Å². The van der Waals surface area contributed by atoms with Gasteiger partial charge in [-0.2, -0.15) is 4.98 Å². The van der Waals surface area contributed by atoms with Gasteiger partial charge in [0.1, 0.15) is 0 Å². The number of hydrogen-bond acceptors (Lipinski definition) is 6. The van der Waals surface area contributed by atoms with Gasteiger partial charge in [-0.05, 0) is 31.0 Å². The van der Waals surface area contributed by atoms with Gasteiger partial charge in [0.25, 0.3) is 0 Å². The molecular formula is C22H24ClN3O4S. The quantitative estimate of drug-likeness (QED) is 0.496. The second-order valence-electron chi connectivity index (χ2n) is 7.32. The van der Waals surface area contributed by atoms with E-state index in [0.29, 0.717) is 28.5 Å². The second kappa shape index (κ2) is 9.62. The van der Waals surface area contributed by atoms with Crippen LogP contribution in [0.2, 0.25) is 5.02 Å². The number of aromatic nitrogens is 3. The normalized spacial score (nSPS) is 11.5. The first-order valence-corrected chi connectivity index (χ1v) is 12.1. The first kappa shape index (κ1) is 23.0. The molecule has 0 saturated carbocycles. The lowest BCUT2D eigenvalue weighted by Gasteiger charge is -2.13. The van der Waals surface area contributed by atoms with E-state index in [-0.39, 0.29) is 28.8 Å². The van der Waals surface area contributed by atoms with Crippen LogP contribution in [-0.4, -0.2) is 28.7 Å². The van der Waals surface area contributed by atoms with Gasteiger partial charge in [-0.15, -0.1) is 0 Å². The molecule has 0 amide bonds. The summed E-state index contributed by atoms with van der Waals surface area (Å²) < 4.78 is 32.4. The molecule has 0 bridgehead atoms. The fraction of sp³-hybridized carbons (Fsp3) is 0.318. The molecule has 2 aromatic heterocycles. The fourth-order valence-corrected chi connectivity index (χ4v) is 4.70. The number of pyridine rings is 1. The first-order chi connectivity index (χ1) is 14.7. The van der Waals surface area contributed by atoms with Crippen LogP contribution >= 0.6 is 11.6 Å². The van der Waals surface area contributed by atoms with Gasteiger partial charge in [-0.1, -0.05) is 37.1 Å². The molecule has 3 aromatic rings. The predicted octanol–water partition coefficient (Wildman–Crippen LogP) is 4.31. The number of aryl methyl sites for hydroxylation is 2. The van der Waals surface area contributed by atoms with E-state index >= 15 is 0 Å². The Kier molecular flexibility index (Phi) is 7.12. The summed E-state index contributed by atoms with van der Waals surface area (Å²) in [6, 6.07) is 9.88. The van der Waals surface area contributed by atoms with E-state index in [1.54, 1.807) is 25.4 Å². The highest BCUT2D eigenvalue weighted by Crippen LogP contribution is 2.32. The van der Waals surface area contributed by atoms with Gasteiger partial charge in [-0.3, -0.25) is 4.79 Å². The Morgan fingerprint density at radius 2 is 1.94 bits per heavy atom. The number of sulfone groups is 1. The van der Waals surface area contributed by atoms with E-state index in [9.17, 15) is 13.2 Å². The van der Waals surface area contributed by atoms with E-state index < -0.39 is 9.84 Å². The number of halogens is 1. The third kappa shape index (κ3) is 5.92. The molecule has 0 unspecified atom stereocenters. The lowest BCUT2D eigenvalue weighted by atomic mass is 10.2. The van der Waals surface area contributed by atoms with Crippen LogP contribution in [0.25, 0.3) is 11.4 Å². The minimum absolute atomic E-state index is 0.0858. The maximum absolute atomic E-state index is 12.5. The van der Waals surface area contributed by atoms with Crippen LogP contribution in [-0.2, 0) is 22.6 Å². The Balaban J connectivity index is 2.07. The molecule has 0 aliphatic rings. The molecule has 1 aromatic carbocycles. The van der Waals surface area contributed by atoms with Crippen LogP contribution in [0.1, 0.15) is 31.0 Å². The second-order valence-corrected chi connectivity index (χ2v) is 9.91. The Morgan fingerprint density at radius 1 is 1.16 bits per heavy atom. The minimum Gasteiger partial charge on any atom is -0.437 e. The zero-order valence-corrected chi connectivity index (χ0v) is 19.2. The number of benzene rings is 1. The molecule has 0 radical (unpaired) electrons. The van der Waals surface area contributed by atoms with E-state index in [1.165, 1.54) is 16.7 Å². The molecule has 0 atom stereocenters. The van der Waals surface area contributed by atoms with Crippen molar-refractivity contribution in [3.05, 3.63) is 69.2 Å². The largest absolute Gasteiger partial charge is 0.437 e. The minimum atomic E-state index is -3.34.